The van der Waals surface area contributed by atoms with Gasteiger partial charge in [0.2, 0.25) is 12.6 Å². The number of methoxy groups -OCH3 is 1. The molecule has 1 N–H and O–H groups in total. The minimum atomic E-state index is -0.418. The standard InChI is InChI=1S/C20H20O6/c1-9-4-11-14(22)7-17(24-3)20(23)19(11)18(10(9)2)12-5-15-16(6-13(12)21)26-8-25-15/h5-7,9-10,18,21H,4,8H2,1-3H3/t9-,10+,18+/m0/s1. The van der Waals surface area contributed by atoms with E-state index in [4.69, 9.17) is 14.2 Å². The van der Waals surface area contributed by atoms with Crippen molar-refractivity contribution in [2.24, 2.45) is 11.8 Å². The van der Waals surface area contributed by atoms with E-state index in [9.17, 15) is 14.7 Å². The van der Waals surface area contributed by atoms with Gasteiger partial charge in [-0.1, -0.05) is 13.8 Å². The fraction of sp³-hybridized carbons (Fsp3) is 0.400. The van der Waals surface area contributed by atoms with E-state index in [1.807, 2.05) is 6.92 Å². The van der Waals surface area contributed by atoms with Crippen LogP contribution in [0.5, 0.6) is 17.2 Å². The van der Waals surface area contributed by atoms with Crippen LogP contribution in [-0.4, -0.2) is 30.6 Å². The summed E-state index contributed by atoms with van der Waals surface area (Å²) in [5.41, 5.74) is 1.51. The number of benzene rings is 1. The van der Waals surface area contributed by atoms with Crippen LogP contribution in [0.25, 0.3) is 0 Å². The zero-order chi connectivity index (χ0) is 18.6. The monoisotopic (exact) mass is 356 g/mol. The Kier molecular flexibility index (Phi) is 3.79. The predicted octanol–water partition coefficient (Wildman–Crippen LogP) is 2.86. The summed E-state index contributed by atoms with van der Waals surface area (Å²) in [7, 11) is 1.38. The van der Waals surface area contributed by atoms with E-state index in [0.29, 0.717) is 34.6 Å². The molecule has 0 fully saturated rings. The molecule has 0 saturated heterocycles. The molecule has 1 aromatic rings. The van der Waals surface area contributed by atoms with Gasteiger partial charge in [-0.15, -0.1) is 0 Å². The normalized spacial score (nSPS) is 27.3. The molecule has 0 saturated carbocycles. The Morgan fingerprint density at radius 3 is 2.54 bits per heavy atom. The lowest BCUT2D eigenvalue weighted by Crippen LogP contribution is -2.34. The smallest absolute Gasteiger partial charge is 0.231 e. The molecular weight excluding hydrogens is 336 g/mol. The molecule has 136 valence electrons. The van der Waals surface area contributed by atoms with Crippen LogP contribution in [0.3, 0.4) is 0 Å². The van der Waals surface area contributed by atoms with Gasteiger partial charge in [-0.3, -0.25) is 9.59 Å². The van der Waals surface area contributed by atoms with Gasteiger partial charge in [0, 0.05) is 34.8 Å². The van der Waals surface area contributed by atoms with Crippen molar-refractivity contribution in [3.63, 3.8) is 0 Å². The van der Waals surface area contributed by atoms with Crippen LogP contribution in [0.15, 0.2) is 35.1 Å². The average molecular weight is 356 g/mol. The van der Waals surface area contributed by atoms with Crippen LogP contribution >= 0.6 is 0 Å². The Morgan fingerprint density at radius 1 is 1.15 bits per heavy atom. The van der Waals surface area contributed by atoms with E-state index in [2.05, 4.69) is 6.92 Å². The highest BCUT2D eigenvalue weighted by molar-refractivity contribution is 6.22. The minimum absolute atomic E-state index is 0.0285. The number of Topliss-reactive ketones (excluding diaryl/α,β-unsaturated/α-hetero) is 1. The summed E-state index contributed by atoms with van der Waals surface area (Å²) in [6.07, 6.45) is 1.80. The predicted molar refractivity (Wildman–Crippen MR) is 92.0 cm³/mol. The second-order valence-electron chi connectivity index (χ2n) is 7.08. The molecule has 4 rings (SSSR count). The van der Waals surface area contributed by atoms with Crippen LogP contribution < -0.4 is 9.47 Å². The third-order valence-corrected chi connectivity index (χ3v) is 5.69. The SMILES string of the molecule is COC1=CC(=O)C2=C(C1=O)[C@@H](c1cc3c(cc1O)OCO3)[C@H](C)[C@@H](C)C2. The number of rotatable bonds is 2. The summed E-state index contributed by atoms with van der Waals surface area (Å²) >= 11 is 0. The van der Waals surface area contributed by atoms with Gasteiger partial charge in [0.05, 0.1) is 7.11 Å². The molecule has 0 unspecified atom stereocenters. The van der Waals surface area contributed by atoms with E-state index < -0.39 is 5.92 Å². The van der Waals surface area contributed by atoms with Crippen molar-refractivity contribution in [1.82, 2.24) is 0 Å². The molecule has 0 spiro atoms. The highest BCUT2D eigenvalue weighted by atomic mass is 16.7. The topological polar surface area (TPSA) is 82.1 Å². The summed E-state index contributed by atoms with van der Waals surface area (Å²) in [6, 6.07) is 3.22. The number of phenols is 1. The summed E-state index contributed by atoms with van der Waals surface area (Å²) in [4.78, 5) is 25.5. The molecule has 0 radical (unpaired) electrons. The Balaban J connectivity index is 1.90. The first-order valence-corrected chi connectivity index (χ1v) is 8.62. The van der Waals surface area contributed by atoms with Gasteiger partial charge in [-0.05, 0) is 24.3 Å². The zero-order valence-electron chi connectivity index (χ0n) is 14.9. The third-order valence-electron chi connectivity index (χ3n) is 5.69. The number of ketones is 2. The number of aromatic hydroxyl groups is 1. The lowest BCUT2D eigenvalue weighted by Gasteiger charge is -2.38. The van der Waals surface area contributed by atoms with Crippen LogP contribution in [0.1, 0.15) is 31.7 Å². The van der Waals surface area contributed by atoms with Crippen molar-refractivity contribution >= 4 is 11.6 Å². The zero-order valence-corrected chi connectivity index (χ0v) is 14.9. The van der Waals surface area contributed by atoms with E-state index in [0.717, 1.165) is 0 Å². The molecule has 26 heavy (non-hydrogen) atoms. The fourth-order valence-electron chi connectivity index (χ4n) is 4.10. The van der Waals surface area contributed by atoms with E-state index >= 15 is 0 Å². The second kappa shape index (κ2) is 5.90. The van der Waals surface area contributed by atoms with Crippen molar-refractivity contribution in [2.75, 3.05) is 13.9 Å². The van der Waals surface area contributed by atoms with E-state index in [1.54, 1.807) is 6.07 Å². The van der Waals surface area contributed by atoms with Gasteiger partial charge in [0.15, 0.2) is 23.0 Å². The van der Waals surface area contributed by atoms with Crippen molar-refractivity contribution in [3.8, 4) is 17.2 Å². The number of ether oxygens (including phenoxy) is 3. The number of carbonyl (C=O) groups is 2. The molecule has 0 amide bonds. The quantitative estimate of drug-likeness (QED) is 0.821. The number of carbonyl (C=O) groups excluding carboxylic acids is 2. The number of hydrogen-bond donors (Lipinski definition) is 1. The Bertz CT molecular complexity index is 879. The summed E-state index contributed by atoms with van der Waals surface area (Å²) < 4.78 is 15.9. The van der Waals surface area contributed by atoms with Gasteiger partial charge < -0.3 is 19.3 Å². The number of allylic oxidation sites excluding steroid dienone is 3. The second-order valence-corrected chi connectivity index (χ2v) is 7.08. The molecule has 3 aliphatic rings. The Hall–Kier alpha value is -2.76. The molecule has 1 aromatic carbocycles. The van der Waals surface area contributed by atoms with Gasteiger partial charge >= 0.3 is 0 Å². The van der Waals surface area contributed by atoms with Crippen molar-refractivity contribution < 1.29 is 28.9 Å². The third kappa shape index (κ3) is 2.32. The van der Waals surface area contributed by atoms with Gasteiger partial charge in [0.1, 0.15) is 5.75 Å². The largest absolute Gasteiger partial charge is 0.508 e. The van der Waals surface area contributed by atoms with Crippen LogP contribution in [0.4, 0.5) is 0 Å². The molecule has 6 nitrogen and oxygen atoms in total. The lowest BCUT2D eigenvalue weighted by molar-refractivity contribution is -0.119. The van der Waals surface area contributed by atoms with Crippen molar-refractivity contribution in [2.45, 2.75) is 26.2 Å². The van der Waals surface area contributed by atoms with Crippen LogP contribution in [0, 0.1) is 11.8 Å². The maximum absolute atomic E-state index is 13.0. The van der Waals surface area contributed by atoms with E-state index in [1.165, 1.54) is 19.3 Å². The first kappa shape index (κ1) is 16.7. The van der Waals surface area contributed by atoms with Gasteiger partial charge in [-0.2, -0.15) is 0 Å². The molecule has 3 atom stereocenters. The highest BCUT2D eigenvalue weighted by Crippen LogP contribution is 2.51. The van der Waals surface area contributed by atoms with Crippen LogP contribution in [0.2, 0.25) is 0 Å². The molecule has 0 bridgehead atoms. The molecule has 6 heteroatoms. The average Bonchev–Trinajstić information content (AvgIpc) is 3.06. The molecule has 1 heterocycles. The van der Waals surface area contributed by atoms with E-state index in [-0.39, 0.29) is 41.7 Å². The summed E-state index contributed by atoms with van der Waals surface area (Å²) in [6.45, 7) is 4.18. The molecular formula is C20H20O6. The lowest BCUT2D eigenvalue weighted by atomic mass is 9.64. The maximum atomic E-state index is 13.0. The fourth-order valence-corrected chi connectivity index (χ4v) is 4.10. The van der Waals surface area contributed by atoms with Gasteiger partial charge in [-0.25, -0.2) is 0 Å². The molecule has 1 aliphatic heterocycles. The number of fused-ring (bicyclic) bond motifs is 1. The minimum Gasteiger partial charge on any atom is -0.508 e. The van der Waals surface area contributed by atoms with Gasteiger partial charge in [0.25, 0.3) is 0 Å². The first-order chi connectivity index (χ1) is 12.4. The maximum Gasteiger partial charge on any atom is 0.231 e. The number of hydrogen-bond acceptors (Lipinski definition) is 6. The Labute approximate surface area is 151 Å². The molecule has 2 aliphatic carbocycles. The molecule has 0 aromatic heterocycles. The summed E-state index contributed by atoms with van der Waals surface area (Å²) in [5, 5.41) is 10.6. The van der Waals surface area contributed by atoms with Crippen LogP contribution in [-0.2, 0) is 14.3 Å². The first-order valence-electron chi connectivity index (χ1n) is 8.62. The highest BCUT2D eigenvalue weighted by Gasteiger charge is 2.44. The summed E-state index contributed by atoms with van der Waals surface area (Å²) in [5.74, 6) is 0.400. The Morgan fingerprint density at radius 2 is 1.85 bits per heavy atom. The van der Waals surface area contributed by atoms with Crippen molar-refractivity contribution in [3.05, 3.63) is 40.7 Å². The number of phenolic OH excluding ortho intramolecular Hbond substituents is 1. The van der Waals surface area contributed by atoms with Crippen molar-refractivity contribution in [1.29, 1.82) is 0 Å².